The van der Waals surface area contributed by atoms with Gasteiger partial charge in [-0.05, 0) is 39.2 Å². The molecule has 1 aromatic carbocycles. The largest absolute Gasteiger partial charge is 0.487 e. The van der Waals surface area contributed by atoms with Crippen LogP contribution in [0.1, 0.15) is 44.7 Å². The summed E-state index contributed by atoms with van der Waals surface area (Å²) in [5.41, 5.74) is 8.98. The van der Waals surface area contributed by atoms with Crippen molar-refractivity contribution in [1.29, 1.82) is 0 Å². The highest BCUT2D eigenvalue weighted by atomic mass is 16.5. The number of fused-ring (bicyclic) bond motifs is 1. The Morgan fingerprint density at radius 1 is 1.29 bits per heavy atom. The molecule has 17 heavy (non-hydrogen) atoms. The van der Waals surface area contributed by atoms with Gasteiger partial charge in [-0.3, -0.25) is 0 Å². The maximum atomic E-state index is 6.17. The minimum Gasteiger partial charge on any atom is -0.487 e. The average molecular weight is 231 g/mol. The number of para-hydroxylation sites is 1. The molecule has 1 atom stereocenters. The first kappa shape index (κ1) is 11.1. The fourth-order valence-corrected chi connectivity index (χ4v) is 3.11. The Labute approximate surface area is 103 Å². The van der Waals surface area contributed by atoms with Crippen molar-refractivity contribution in [3.8, 4) is 5.75 Å². The summed E-state index contributed by atoms with van der Waals surface area (Å²) in [4.78, 5) is 0. The van der Waals surface area contributed by atoms with Crippen LogP contribution in [0.2, 0.25) is 0 Å². The molecule has 1 saturated carbocycles. The fourth-order valence-electron chi connectivity index (χ4n) is 3.11. The lowest BCUT2D eigenvalue weighted by molar-refractivity contribution is 0.136. The summed E-state index contributed by atoms with van der Waals surface area (Å²) in [7, 11) is 0. The molecule has 0 saturated heterocycles. The lowest BCUT2D eigenvalue weighted by atomic mass is 9.87. The number of nitrogens with two attached hydrogens (primary N) is 1. The average Bonchev–Trinajstić information content (AvgIpc) is 2.95. The van der Waals surface area contributed by atoms with E-state index in [4.69, 9.17) is 10.5 Å². The first-order valence-corrected chi connectivity index (χ1v) is 6.52. The third-order valence-electron chi connectivity index (χ3n) is 4.29. The van der Waals surface area contributed by atoms with Gasteiger partial charge in [0.2, 0.25) is 0 Å². The van der Waals surface area contributed by atoms with E-state index < -0.39 is 0 Å². The van der Waals surface area contributed by atoms with Gasteiger partial charge in [-0.25, -0.2) is 0 Å². The molecule has 1 aliphatic heterocycles. The molecule has 2 N–H and O–H groups in total. The van der Waals surface area contributed by atoms with Crippen LogP contribution >= 0.6 is 0 Å². The molecule has 3 rings (SSSR count). The van der Waals surface area contributed by atoms with Crippen LogP contribution in [0.3, 0.4) is 0 Å². The number of hydrogen-bond acceptors (Lipinski definition) is 2. The molecule has 1 fully saturated rings. The quantitative estimate of drug-likeness (QED) is 0.849. The Morgan fingerprint density at radius 3 is 2.59 bits per heavy atom. The normalized spacial score (nSPS) is 24.9. The SMILES string of the molecule is CC(N)C1(c2cccc3c2OC(C)(C)C3)CC1. The lowest BCUT2D eigenvalue weighted by Gasteiger charge is -2.24. The smallest absolute Gasteiger partial charge is 0.127 e. The molecule has 0 radical (unpaired) electrons. The zero-order valence-electron chi connectivity index (χ0n) is 10.9. The van der Waals surface area contributed by atoms with Crippen LogP contribution in [0.15, 0.2) is 18.2 Å². The molecule has 1 heterocycles. The molecule has 0 amide bonds. The molecule has 2 aliphatic rings. The lowest BCUT2D eigenvalue weighted by Crippen LogP contribution is -2.32. The van der Waals surface area contributed by atoms with Crippen LogP contribution in [-0.4, -0.2) is 11.6 Å². The van der Waals surface area contributed by atoms with E-state index in [2.05, 4.69) is 39.0 Å². The van der Waals surface area contributed by atoms with E-state index in [9.17, 15) is 0 Å². The van der Waals surface area contributed by atoms with Crippen LogP contribution in [0.25, 0.3) is 0 Å². The van der Waals surface area contributed by atoms with Crippen LogP contribution in [-0.2, 0) is 11.8 Å². The second-order valence-electron chi connectivity index (χ2n) is 6.28. The van der Waals surface area contributed by atoms with Gasteiger partial charge in [0.25, 0.3) is 0 Å². The van der Waals surface area contributed by atoms with Crippen LogP contribution in [0, 0.1) is 0 Å². The highest BCUT2D eigenvalue weighted by Crippen LogP contribution is 2.55. The van der Waals surface area contributed by atoms with E-state index in [1.165, 1.54) is 24.0 Å². The van der Waals surface area contributed by atoms with Crippen molar-refractivity contribution in [3.63, 3.8) is 0 Å². The topological polar surface area (TPSA) is 35.2 Å². The summed E-state index contributed by atoms with van der Waals surface area (Å²) in [6.45, 7) is 6.43. The van der Waals surface area contributed by atoms with Crippen molar-refractivity contribution in [2.24, 2.45) is 5.73 Å². The summed E-state index contributed by atoms with van der Waals surface area (Å²) < 4.78 is 6.15. The minimum atomic E-state index is -0.0631. The predicted molar refractivity (Wildman–Crippen MR) is 69.4 cm³/mol. The highest BCUT2D eigenvalue weighted by molar-refractivity contribution is 5.52. The first-order chi connectivity index (χ1) is 7.95. The van der Waals surface area contributed by atoms with Gasteiger partial charge in [0, 0.05) is 23.4 Å². The highest BCUT2D eigenvalue weighted by Gasteiger charge is 2.50. The van der Waals surface area contributed by atoms with Gasteiger partial charge in [0.05, 0.1) is 0 Å². The van der Waals surface area contributed by atoms with Crippen molar-refractivity contribution >= 4 is 0 Å². The van der Waals surface area contributed by atoms with Crippen molar-refractivity contribution in [1.82, 2.24) is 0 Å². The van der Waals surface area contributed by atoms with Crippen molar-refractivity contribution < 1.29 is 4.74 Å². The summed E-state index contributed by atoms with van der Waals surface area (Å²) in [6, 6.07) is 6.75. The third-order valence-corrected chi connectivity index (χ3v) is 4.29. The maximum absolute atomic E-state index is 6.17. The van der Waals surface area contributed by atoms with E-state index >= 15 is 0 Å². The second kappa shape index (κ2) is 3.26. The Kier molecular flexibility index (Phi) is 2.13. The molecule has 0 bridgehead atoms. The molecule has 0 spiro atoms. The number of hydrogen-bond donors (Lipinski definition) is 1. The number of benzene rings is 1. The van der Waals surface area contributed by atoms with E-state index in [0.717, 1.165) is 12.2 Å². The van der Waals surface area contributed by atoms with Gasteiger partial charge >= 0.3 is 0 Å². The van der Waals surface area contributed by atoms with E-state index in [0.29, 0.717) is 0 Å². The Hall–Kier alpha value is -1.02. The van der Waals surface area contributed by atoms with E-state index in [1.807, 2.05) is 0 Å². The molecular formula is C15H21NO. The van der Waals surface area contributed by atoms with Crippen molar-refractivity contribution in [2.45, 2.75) is 57.1 Å². The van der Waals surface area contributed by atoms with E-state index in [1.54, 1.807) is 0 Å². The van der Waals surface area contributed by atoms with E-state index in [-0.39, 0.29) is 17.1 Å². The van der Waals surface area contributed by atoms with Crippen LogP contribution in [0.4, 0.5) is 0 Å². The molecule has 92 valence electrons. The Balaban J connectivity index is 2.07. The summed E-state index contributed by atoms with van der Waals surface area (Å²) in [6.07, 6.45) is 3.40. The molecule has 1 aliphatic carbocycles. The summed E-state index contributed by atoms with van der Waals surface area (Å²) in [5.74, 6) is 1.12. The first-order valence-electron chi connectivity index (χ1n) is 6.52. The predicted octanol–water partition coefficient (Wildman–Crippen LogP) is 2.78. The van der Waals surface area contributed by atoms with Gasteiger partial charge in [0.15, 0.2) is 0 Å². The van der Waals surface area contributed by atoms with Gasteiger partial charge in [-0.15, -0.1) is 0 Å². The molecule has 1 aromatic rings. The zero-order chi connectivity index (χ0) is 12.3. The Morgan fingerprint density at radius 2 is 2.00 bits per heavy atom. The summed E-state index contributed by atoms with van der Waals surface area (Å²) in [5, 5.41) is 0. The Bertz CT molecular complexity index is 458. The molecule has 1 unspecified atom stereocenters. The van der Waals surface area contributed by atoms with Crippen molar-refractivity contribution in [3.05, 3.63) is 29.3 Å². The fraction of sp³-hybridized carbons (Fsp3) is 0.600. The van der Waals surface area contributed by atoms with Gasteiger partial charge < -0.3 is 10.5 Å². The third kappa shape index (κ3) is 1.58. The van der Waals surface area contributed by atoms with Gasteiger partial charge in [0.1, 0.15) is 11.4 Å². The maximum Gasteiger partial charge on any atom is 0.127 e. The van der Waals surface area contributed by atoms with Gasteiger partial charge in [-0.1, -0.05) is 18.2 Å². The number of rotatable bonds is 2. The summed E-state index contributed by atoms with van der Waals surface area (Å²) >= 11 is 0. The molecule has 2 nitrogen and oxygen atoms in total. The van der Waals surface area contributed by atoms with Crippen molar-refractivity contribution in [2.75, 3.05) is 0 Å². The number of ether oxygens (including phenoxy) is 1. The van der Waals surface area contributed by atoms with Gasteiger partial charge in [-0.2, -0.15) is 0 Å². The minimum absolute atomic E-state index is 0.0631. The monoisotopic (exact) mass is 231 g/mol. The standard InChI is InChI=1S/C15H21NO/c1-10(16)15(7-8-15)12-6-4-5-11-9-14(2,3)17-13(11)12/h4-6,10H,7-9,16H2,1-3H3. The molecule has 0 aromatic heterocycles. The zero-order valence-corrected chi connectivity index (χ0v) is 10.9. The van der Waals surface area contributed by atoms with Crippen LogP contribution < -0.4 is 10.5 Å². The molecule has 2 heteroatoms. The second-order valence-corrected chi connectivity index (χ2v) is 6.28. The molecular weight excluding hydrogens is 210 g/mol. The van der Waals surface area contributed by atoms with Crippen LogP contribution in [0.5, 0.6) is 5.75 Å².